The Balaban J connectivity index is 1.77. The van der Waals surface area contributed by atoms with Crippen LogP contribution in [0.25, 0.3) is 0 Å². The third-order valence-electron chi connectivity index (χ3n) is 5.18. The molecule has 3 rings (SSSR count). The Kier molecular flexibility index (Phi) is 9.81. The summed E-state index contributed by atoms with van der Waals surface area (Å²) in [5.74, 6) is -2.02. The molecule has 0 saturated carbocycles. The van der Waals surface area contributed by atoms with Crippen LogP contribution in [0.2, 0.25) is 4.34 Å². The van der Waals surface area contributed by atoms with Crippen molar-refractivity contribution in [3.63, 3.8) is 0 Å². The van der Waals surface area contributed by atoms with E-state index in [1.165, 1.54) is 41.3 Å². The number of nitrogens with one attached hydrogen (secondary N) is 2. The van der Waals surface area contributed by atoms with Crippen LogP contribution in [0, 0.1) is 0 Å². The van der Waals surface area contributed by atoms with E-state index in [-0.39, 0.29) is 32.3 Å². The van der Waals surface area contributed by atoms with E-state index in [0.717, 1.165) is 11.3 Å². The molecule has 1 aliphatic rings. The summed E-state index contributed by atoms with van der Waals surface area (Å²) in [5, 5.41) is 4.72. The normalized spacial score (nSPS) is 15.2. The molecule has 1 atom stereocenters. The van der Waals surface area contributed by atoms with Gasteiger partial charge in [-0.25, -0.2) is 8.78 Å². The lowest BCUT2D eigenvalue weighted by molar-refractivity contribution is -0.157. The fraction of sp³-hybridized carbons (Fsp3) is 0.409. The minimum Gasteiger partial charge on any atom is -0.370 e. The van der Waals surface area contributed by atoms with E-state index in [2.05, 4.69) is 10.6 Å². The quantitative estimate of drug-likeness (QED) is 0.427. The van der Waals surface area contributed by atoms with Gasteiger partial charge in [-0.1, -0.05) is 11.6 Å². The molecular weight excluding hydrogens is 547 g/mol. The number of thiophene rings is 1. The number of halogens is 6. The molecule has 1 aliphatic heterocycles. The molecule has 37 heavy (non-hydrogen) atoms. The van der Waals surface area contributed by atoms with Gasteiger partial charge in [0.1, 0.15) is 12.6 Å². The summed E-state index contributed by atoms with van der Waals surface area (Å²) in [6, 6.07) is 6.90. The van der Waals surface area contributed by atoms with E-state index >= 15 is 0 Å². The van der Waals surface area contributed by atoms with Gasteiger partial charge in [0.15, 0.2) is 0 Å². The highest BCUT2D eigenvalue weighted by Gasteiger charge is 2.38. The van der Waals surface area contributed by atoms with Crippen molar-refractivity contribution >= 4 is 52.0 Å². The van der Waals surface area contributed by atoms with Crippen LogP contribution in [0.15, 0.2) is 36.4 Å². The number of carbonyl (C=O) groups excluding carboxylic acids is 3. The van der Waals surface area contributed by atoms with Crippen molar-refractivity contribution in [3.8, 4) is 0 Å². The average Bonchev–Trinajstić information content (AvgIpc) is 3.25. The number of amides is 3. The Hall–Kier alpha value is -2.81. The molecule has 2 aromatic rings. The largest absolute Gasteiger partial charge is 0.401 e. The van der Waals surface area contributed by atoms with Gasteiger partial charge in [-0.3, -0.25) is 19.3 Å². The zero-order valence-electron chi connectivity index (χ0n) is 19.1. The molecule has 0 unspecified atom stereocenters. The van der Waals surface area contributed by atoms with Crippen molar-refractivity contribution in [1.82, 2.24) is 10.2 Å². The third kappa shape index (κ3) is 8.62. The lowest BCUT2D eigenvalue weighted by Gasteiger charge is -2.31. The standard InChI is InChI=1S/C22H22ClF5N4O4S/c23-17-6-5-16(37-17)21(35)29-9-15(31(10-18(24)25)12-22(26,27)28)20(34)30-13-1-3-14(4-2-13)32-7-8-36-11-19(32)33/h1-6,15,18H,7-12H2,(H,29,35)(H,30,34)/t15-/m0/s1. The van der Waals surface area contributed by atoms with E-state index < -0.39 is 50.1 Å². The maximum absolute atomic E-state index is 13.2. The fourth-order valence-corrected chi connectivity index (χ4v) is 4.51. The van der Waals surface area contributed by atoms with Gasteiger partial charge < -0.3 is 20.3 Å². The number of rotatable bonds is 10. The third-order valence-corrected chi connectivity index (χ3v) is 6.41. The molecule has 0 aliphatic carbocycles. The maximum Gasteiger partial charge on any atom is 0.401 e. The van der Waals surface area contributed by atoms with Gasteiger partial charge in [0.25, 0.3) is 18.2 Å². The highest BCUT2D eigenvalue weighted by molar-refractivity contribution is 7.18. The first kappa shape index (κ1) is 28.8. The van der Waals surface area contributed by atoms with Crippen molar-refractivity contribution in [2.75, 3.05) is 49.6 Å². The molecule has 1 aromatic heterocycles. The summed E-state index contributed by atoms with van der Waals surface area (Å²) in [5.41, 5.74) is 0.668. The Morgan fingerprint density at radius 3 is 2.43 bits per heavy atom. The molecule has 2 N–H and O–H groups in total. The van der Waals surface area contributed by atoms with E-state index in [1.807, 2.05) is 0 Å². The Morgan fingerprint density at radius 1 is 1.16 bits per heavy atom. The van der Waals surface area contributed by atoms with Gasteiger partial charge in [0, 0.05) is 24.5 Å². The lowest BCUT2D eigenvalue weighted by atomic mass is 10.2. The van der Waals surface area contributed by atoms with Crippen LogP contribution >= 0.6 is 22.9 Å². The lowest BCUT2D eigenvalue weighted by Crippen LogP contribution is -2.54. The second-order valence-corrected chi connectivity index (χ2v) is 9.61. The summed E-state index contributed by atoms with van der Waals surface area (Å²) in [6.07, 6.45) is -8.06. The second-order valence-electron chi connectivity index (χ2n) is 7.90. The van der Waals surface area contributed by atoms with E-state index in [4.69, 9.17) is 16.3 Å². The summed E-state index contributed by atoms with van der Waals surface area (Å²) in [7, 11) is 0. The molecule has 3 amide bonds. The number of hydrogen-bond donors (Lipinski definition) is 2. The maximum atomic E-state index is 13.2. The number of alkyl halides is 5. The van der Waals surface area contributed by atoms with Gasteiger partial charge >= 0.3 is 6.18 Å². The van der Waals surface area contributed by atoms with Crippen LogP contribution in [0.5, 0.6) is 0 Å². The summed E-state index contributed by atoms with van der Waals surface area (Å²) >= 11 is 6.69. The number of anilines is 2. The molecule has 1 saturated heterocycles. The molecule has 15 heteroatoms. The van der Waals surface area contributed by atoms with Crippen LogP contribution in [-0.2, 0) is 14.3 Å². The molecule has 8 nitrogen and oxygen atoms in total. The van der Waals surface area contributed by atoms with Gasteiger partial charge in [-0.2, -0.15) is 13.2 Å². The number of carbonyl (C=O) groups is 3. The van der Waals surface area contributed by atoms with Crippen molar-refractivity contribution in [2.45, 2.75) is 18.6 Å². The topological polar surface area (TPSA) is 91.0 Å². The van der Waals surface area contributed by atoms with Gasteiger partial charge in [-0.05, 0) is 36.4 Å². The number of nitrogens with zero attached hydrogens (tertiary/aromatic N) is 2. The molecule has 1 aromatic carbocycles. The first-order valence-corrected chi connectivity index (χ1v) is 12.0. The van der Waals surface area contributed by atoms with Crippen molar-refractivity contribution in [3.05, 3.63) is 45.6 Å². The van der Waals surface area contributed by atoms with Gasteiger partial charge in [-0.15, -0.1) is 11.3 Å². The number of ether oxygens (including phenoxy) is 1. The average molecular weight is 569 g/mol. The molecule has 1 fully saturated rings. The SMILES string of the molecule is O=C(NC[C@@H](C(=O)Nc1ccc(N2CCOCC2=O)cc1)N(CC(F)F)CC(F)(F)F)c1ccc(Cl)s1. The van der Waals surface area contributed by atoms with Gasteiger partial charge in [0.05, 0.1) is 28.9 Å². The van der Waals surface area contributed by atoms with E-state index in [0.29, 0.717) is 18.8 Å². The Labute approximate surface area is 217 Å². The van der Waals surface area contributed by atoms with Crippen LogP contribution in [0.1, 0.15) is 9.67 Å². The van der Waals surface area contributed by atoms with Crippen molar-refractivity contribution in [1.29, 1.82) is 0 Å². The van der Waals surface area contributed by atoms with E-state index in [9.17, 15) is 36.3 Å². The zero-order chi connectivity index (χ0) is 27.2. The Morgan fingerprint density at radius 2 is 1.86 bits per heavy atom. The summed E-state index contributed by atoms with van der Waals surface area (Å²) in [4.78, 5) is 39.2. The van der Waals surface area contributed by atoms with E-state index in [1.54, 1.807) is 0 Å². The number of morpholine rings is 1. The summed E-state index contributed by atoms with van der Waals surface area (Å²) in [6.45, 7) is -3.24. The zero-order valence-corrected chi connectivity index (χ0v) is 20.6. The molecule has 0 spiro atoms. The molecular formula is C22H22ClF5N4O4S. The first-order valence-electron chi connectivity index (χ1n) is 10.8. The first-order chi connectivity index (χ1) is 17.4. The monoisotopic (exact) mass is 568 g/mol. The minimum absolute atomic E-state index is 0.0806. The van der Waals surface area contributed by atoms with Crippen LogP contribution < -0.4 is 15.5 Å². The number of benzene rings is 1. The molecule has 0 radical (unpaired) electrons. The van der Waals surface area contributed by atoms with Crippen molar-refractivity contribution in [2.24, 2.45) is 0 Å². The highest BCUT2D eigenvalue weighted by atomic mass is 35.5. The van der Waals surface area contributed by atoms with Crippen LogP contribution in [0.3, 0.4) is 0 Å². The predicted octanol–water partition coefficient (Wildman–Crippen LogP) is 3.63. The number of hydrogen-bond acceptors (Lipinski definition) is 6. The molecule has 202 valence electrons. The van der Waals surface area contributed by atoms with Gasteiger partial charge in [0.2, 0.25) is 5.91 Å². The highest BCUT2D eigenvalue weighted by Crippen LogP contribution is 2.23. The fourth-order valence-electron chi connectivity index (χ4n) is 3.55. The molecule has 0 bridgehead atoms. The summed E-state index contributed by atoms with van der Waals surface area (Å²) < 4.78 is 71.2. The smallest absolute Gasteiger partial charge is 0.370 e. The van der Waals surface area contributed by atoms with Crippen LogP contribution in [0.4, 0.5) is 33.3 Å². The van der Waals surface area contributed by atoms with Crippen LogP contribution in [-0.4, -0.2) is 80.7 Å². The molecule has 2 heterocycles. The Bertz CT molecular complexity index is 1100. The predicted molar refractivity (Wildman–Crippen MR) is 127 cm³/mol. The second kappa shape index (κ2) is 12.6. The minimum atomic E-state index is -4.88. The van der Waals surface area contributed by atoms with Crippen molar-refractivity contribution < 1.29 is 41.1 Å².